The fraction of sp³-hybridized carbons (Fsp3) is 0.875. The molecule has 0 aliphatic carbocycles. The van der Waals surface area contributed by atoms with Crippen LogP contribution in [0.25, 0.3) is 0 Å². The van der Waals surface area contributed by atoms with E-state index in [0.717, 1.165) is 0 Å². The van der Waals surface area contributed by atoms with Gasteiger partial charge in [0.05, 0.1) is 0 Å². The molecule has 0 aromatic carbocycles. The van der Waals surface area contributed by atoms with E-state index in [1.54, 1.807) is 4.90 Å². The van der Waals surface area contributed by atoms with Crippen molar-refractivity contribution >= 4 is 26.6 Å². The zero-order valence-corrected chi connectivity index (χ0v) is 10.8. The fourth-order valence-corrected chi connectivity index (χ4v) is 3.31. The van der Waals surface area contributed by atoms with Crippen LogP contribution in [0.1, 0.15) is 0 Å². The van der Waals surface area contributed by atoms with Gasteiger partial charge in [0.2, 0.25) is 0 Å². The summed E-state index contributed by atoms with van der Waals surface area (Å²) in [6, 6.07) is 0. The van der Waals surface area contributed by atoms with Gasteiger partial charge in [-0.05, 0) is 0 Å². The molecule has 1 heterocycles. The first kappa shape index (κ1) is 12.2. The van der Waals surface area contributed by atoms with E-state index in [1.165, 1.54) is 0 Å². The van der Waals surface area contributed by atoms with Crippen molar-refractivity contribution in [3.63, 3.8) is 0 Å². The minimum atomic E-state index is -1.56. The summed E-state index contributed by atoms with van der Waals surface area (Å²) in [4.78, 5) is 14.9. The van der Waals surface area contributed by atoms with E-state index in [2.05, 4.69) is 0 Å². The molecule has 1 fully saturated rings. The number of hydrogen-bond donors (Lipinski definition) is 0. The number of carbonyl (C=O) groups is 1. The predicted octanol–water partition coefficient (Wildman–Crippen LogP) is 0.473. The summed E-state index contributed by atoms with van der Waals surface area (Å²) in [5.74, 6) is -0.220. The molecule has 0 N–H and O–H groups in total. The third-order valence-corrected chi connectivity index (χ3v) is 4.20. The molecule has 0 saturated carbocycles. The van der Waals surface area contributed by atoms with Gasteiger partial charge >= 0.3 is 92.1 Å². The molecule has 0 aromatic rings. The maximum atomic E-state index is 11.1. The van der Waals surface area contributed by atoms with Crippen LogP contribution in [-0.4, -0.2) is 55.8 Å². The van der Waals surface area contributed by atoms with Gasteiger partial charge in [0.15, 0.2) is 0 Å². The molecule has 1 saturated heterocycles. The molecule has 0 bridgehead atoms. The summed E-state index contributed by atoms with van der Waals surface area (Å²) in [7, 11) is 3.65. The summed E-state index contributed by atoms with van der Waals surface area (Å²) >= 11 is -1.56. The molecule has 0 radical (unpaired) electrons. The number of ether oxygens (including phenoxy) is 1. The molecule has 1 aliphatic heterocycles. The average molecular weight is 317 g/mol. The normalized spacial score (nSPS) is 24.3. The number of rotatable bonds is 4. The number of carbonyl (C=O) groups excluding carboxylic acids is 1. The van der Waals surface area contributed by atoms with Crippen LogP contribution in [0.2, 0.25) is 0 Å². The van der Waals surface area contributed by atoms with Gasteiger partial charge in [-0.15, -0.1) is 0 Å². The van der Waals surface area contributed by atoms with Gasteiger partial charge in [0.1, 0.15) is 0 Å². The minimum absolute atomic E-state index is 0.0451. The Morgan fingerprint density at radius 1 is 1.64 bits per heavy atom. The maximum absolute atomic E-state index is 11.1. The van der Waals surface area contributed by atoms with Crippen molar-refractivity contribution in [2.75, 3.05) is 38.8 Å². The Bertz CT molecular complexity index is 200. The first-order chi connectivity index (χ1) is 6.58. The average Bonchev–Trinajstić information content (AvgIpc) is 2.47. The molecule has 84 valence electrons. The Balaban J connectivity index is 2.11. The number of likely N-dealkylation sites (N-methyl/N-ethyl adjacent to an activating group) is 1. The standard InChI is InChI=1S/C8H16INO4/c1-9-13-6-7(14-9)5-12-8(11)4-10(2)3/h7H,4-6H2,1-3H3. The van der Waals surface area contributed by atoms with Gasteiger partial charge in [-0.25, -0.2) is 0 Å². The summed E-state index contributed by atoms with van der Waals surface area (Å²) in [5, 5.41) is 0. The van der Waals surface area contributed by atoms with Crippen molar-refractivity contribution in [1.29, 1.82) is 0 Å². The molecule has 0 amide bonds. The van der Waals surface area contributed by atoms with E-state index in [-0.39, 0.29) is 12.1 Å². The van der Waals surface area contributed by atoms with E-state index in [1.807, 2.05) is 19.0 Å². The van der Waals surface area contributed by atoms with Crippen LogP contribution >= 0.6 is 20.6 Å². The quantitative estimate of drug-likeness (QED) is 0.429. The van der Waals surface area contributed by atoms with Crippen LogP contribution in [-0.2, 0) is 15.7 Å². The third kappa shape index (κ3) is 4.54. The monoisotopic (exact) mass is 317 g/mol. The Morgan fingerprint density at radius 3 is 2.86 bits per heavy atom. The Morgan fingerprint density at radius 2 is 2.36 bits per heavy atom. The van der Waals surface area contributed by atoms with Crippen molar-refractivity contribution in [2.45, 2.75) is 6.10 Å². The first-order valence-electron chi connectivity index (χ1n) is 4.29. The molecule has 5 nitrogen and oxygen atoms in total. The first-order valence-corrected chi connectivity index (χ1v) is 8.21. The van der Waals surface area contributed by atoms with E-state index >= 15 is 0 Å². The van der Waals surface area contributed by atoms with Crippen LogP contribution in [0.15, 0.2) is 0 Å². The fourth-order valence-electron chi connectivity index (χ4n) is 0.951. The van der Waals surface area contributed by atoms with Crippen LogP contribution < -0.4 is 0 Å². The Kier molecular flexibility index (Phi) is 5.07. The van der Waals surface area contributed by atoms with Crippen molar-refractivity contribution in [1.82, 2.24) is 4.90 Å². The van der Waals surface area contributed by atoms with Gasteiger partial charge in [-0.1, -0.05) is 0 Å². The van der Waals surface area contributed by atoms with Crippen molar-refractivity contribution in [2.24, 2.45) is 0 Å². The van der Waals surface area contributed by atoms with Crippen LogP contribution in [0.3, 0.4) is 0 Å². The number of nitrogens with zero attached hydrogens (tertiary/aromatic N) is 1. The van der Waals surface area contributed by atoms with Crippen LogP contribution in [0.4, 0.5) is 0 Å². The molecule has 1 rings (SSSR count). The number of hydrogen-bond acceptors (Lipinski definition) is 5. The number of halogens is 1. The Labute approximate surface area is 92.2 Å². The molecule has 0 spiro atoms. The molecule has 0 aromatic heterocycles. The van der Waals surface area contributed by atoms with E-state index < -0.39 is 20.6 Å². The van der Waals surface area contributed by atoms with Gasteiger partial charge in [-0.3, -0.25) is 0 Å². The predicted molar refractivity (Wildman–Crippen MR) is 60.3 cm³/mol. The Hall–Kier alpha value is 0.0800. The van der Waals surface area contributed by atoms with Gasteiger partial charge in [0.25, 0.3) is 0 Å². The molecular formula is C8H16INO4. The van der Waals surface area contributed by atoms with Crippen molar-refractivity contribution in [3.8, 4) is 0 Å². The number of alkyl halides is 1. The molecule has 1 unspecified atom stereocenters. The summed E-state index contributed by atoms with van der Waals surface area (Å²) in [6.07, 6.45) is -0.0451. The van der Waals surface area contributed by atoms with E-state index in [9.17, 15) is 4.79 Å². The zero-order chi connectivity index (χ0) is 10.6. The number of esters is 1. The summed E-state index contributed by atoms with van der Waals surface area (Å²) in [5.41, 5.74) is 0. The molecule has 1 atom stereocenters. The van der Waals surface area contributed by atoms with Crippen molar-refractivity contribution < 1.29 is 15.7 Å². The molecule has 1 aliphatic rings. The second kappa shape index (κ2) is 5.84. The second-order valence-corrected chi connectivity index (χ2v) is 6.53. The van der Waals surface area contributed by atoms with Crippen molar-refractivity contribution in [3.05, 3.63) is 0 Å². The van der Waals surface area contributed by atoms with E-state index in [4.69, 9.17) is 10.9 Å². The van der Waals surface area contributed by atoms with Gasteiger partial charge in [0, 0.05) is 0 Å². The molecule has 14 heavy (non-hydrogen) atoms. The third-order valence-electron chi connectivity index (χ3n) is 1.53. The van der Waals surface area contributed by atoms with Gasteiger partial charge < -0.3 is 0 Å². The molecule has 6 heteroatoms. The van der Waals surface area contributed by atoms with Crippen LogP contribution in [0.5, 0.6) is 0 Å². The SMILES string of the molecule is CN(C)CC(=O)OCC1COI(C)O1. The molecular weight excluding hydrogens is 301 g/mol. The van der Waals surface area contributed by atoms with E-state index in [0.29, 0.717) is 19.8 Å². The summed E-state index contributed by atoms with van der Waals surface area (Å²) < 4.78 is 15.8. The zero-order valence-electron chi connectivity index (χ0n) is 8.66. The summed E-state index contributed by atoms with van der Waals surface area (Å²) in [6.45, 7) is 1.19. The van der Waals surface area contributed by atoms with Crippen LogP contribution in [0, 0.1) is 0 Å². The second-order valence-electron chi connectivity index (χ2n) is 3.28. The van der Waals surface area contributed by atoms with Gasteiger partial charge in [-0.2, -0.15) is 0 Å². The topological polar surface area (TPSA) is 48.0 Å².